The first-order valence-electron chi connectivity index (χ1n) is 7.36. The Morgan fingerprint density at radius 3 is 2.23 bits per heavy atom. The molecule has 0 aliphatic rings. The molecule has 0 saturated carbocycles. The molecule has 0 fully saturated rings. The third-order valence-electron chi connectivity index (χ3n) is 3.72. The second-order valence-corrected chi connectivity index (χ2v) is 7.25. The first-order valence-corrected chi connectivity index (χ1v) is 8.99. The summed E-state index contributed by atoms with van der Waals surface area (Å²) in [6.07, 6.45) is 3.12. The molecule has 0 bridgehead atoms. The predicted molar refractivity (Wildman–Crippen MR) is 95.6 cm³/mol. The van der Waals surface area contributed by atoms with Crippen LogP contribution in [0.5, 0.6) is 0 Å². The third kappa shape index (κ3) is 1.90. The molecule has 0 aliphatic heterocycles. The van der Waals surface area contributed by atoms with Crippen molar-refractivity contribution in [3.05, 3.63) is 24.7 Å². The summed E-state index contributed by atoms with van der Waals surface area (Å²) in [5.41, 5.74) is 2.62. The normalized spacial score (nSPS) is 11.8. The van der Waals surface area contributed by atoms with Crippen LogP contribution in [0.3, 0.4) is 0 Å². The molecule has 6 rings (SSSR count). The van der Waals surface area contributed by atoms with E-state index in [2.05, 4.69) is 50.5 Å². The summed E-state index contributed by atoms with van der Waals surface area (Å²) in [5, 5.41) is 24.6. The number of pyridine rings is 1. The van der Waals surface area contributed by atoms with E-state index in [4.69, 9.17) is 0 Å². The molecule has 0 radical (unpaired) electrons. The Morgan fingerprint density at radius 1 is 0.654 bits per heavy atom. The molecule has 0 aliphatic carbocycles. The smallest absolute Gasteiger partial charge is 0.222 e. The summed E-state index contributed by atoms with van der Waals surface area (Å²) >= 11 is 2.87. The summed E-state index contributed by atoms with van der Waals surface area (Å²) in [6, 6.07) is 3.86. The minimum absolute atomic E-state index is 0.303. The summed E-state index contributed by atoms with van der Waals surface area (Å²) < 4.78 is 1.00. The maximum atomic E-state index is 4.54. The van der Waals surface area contributed by atoms with Crippen molar-refractivity contribution >= 4 is 63.9 Å². The van der Waals surface area contributed by atoms with E-state index < -0.39 is 0 Å². The molecule has 122 valence electrons. The minimum atomic E-state index is 0.303. The van der Waals surface area contributed by atoms with E-state index in [0.717, 1.165) is 15.0 Å². The Kier molecular flexibility index (Phi) is 2.70. The van der Waals surface area contributed by atoms with Gasteiger partial charge in [-0.2, -0.15) is 0 Å². The van der Waals surface area contributed by atoms with Crippen LogP contribution in [0.4, 0.5) is 0 Å². The fourth-order valence-corrected chi connectivity index (χ4v) is 4.44. The van der Waals surface area contributed by atoms with Crippen molar-refractivity contribution in [1.29, 1.82) is 0 Å². The van der Waals surface area contributed by atoms with Crippen molar-refractivity contribution in [1.82, 2.24) is 50.5 Å². The number of hydrogen-bond acceptors (Lipinski definition) is 12. The van der Waals surface area contributed by atoms with Crippen LogP contribution in [-0.2, 0) is 0 Å². The molecule has 6 aromatic rings. The quantitative estimate of drug-likeness (QED) is 0.420. The maximum absolute atomic E-state index is 4.54. The van der Waals surface area contributed by atoms with Crippen LogP contribution < -0.4 is 0 Å². The first kappa shape index (κ1) is 13.9. The van der Waals surface area contributed by atoms with Gasteiger partial charge in [0.1, 0.15) is 27.0 Å². The van der Waals surface area contributed by atoms with E-state index in [0.29, 0.717) is 37.9 Å². The highest BCUT2D eigenvalue weighted by Gasteiger charge is 2.16. The van der Waals surface area contributed by atoms with Gasteiger partial charge in [-0.15, -0.1) is 41.9 Å². The number of thiophene rings is 2. The lowest BCUT2D eigenvalue weighted by Crippen LogP contribution is -1.98. The molecular formula is C14H4N10S2. The van der Waals surface area contributed by atoms with Crippen LogP contribution in [0.25, 0.3) is 52.9 Å². The SMILES string of the molecule is c1cnc2c(c1)sc1nc(-c3nnc4c(n3)sc3ncnnc34)nnc12. The lowest BCUT2D eigenvalue weighted by molar-refractivity contribution is 0.965. The van der Waals surface area contributed by atoms with Crippen LogP contribution >= 0.6 is 22.7 Å². The van der Waals surface area contributed by atoms with Gasteiger partial charge >= 0.3 is 0 Å². The molecule has 0 aromatic carbocycles. The molecule has 6 aromatic heterocycles. The van der Waals surface area contributed by atoms with Gasteiger partial charge in [0.05, 0.1) is 4.70 Å². The van der Waals surface area contributed by atoms with Gasteiger partial charge in [-0.3, -0.25) is 4.98 Å². The molecule has 12 heteroatoms. The molecule has 0 unspecified atom stereocenters. The predicted octanol–water partition coefficient (Wildman–Crippen LogP) is 2.04. The van der Waals surface area contributed by atoms with Crippen molar-refractivity contribution in [2.45, 2.75) is 0 Å². The number of hydrogen-bond donors (Lipinski definition) is 0. The summed E-state index contributed by atoms with van der Waals surface area (Å²) in [6.45, 7) is 0. The molecule has 10 nitrogen and oxygen atoms in total. The Bertz CT molecular complexity index is 1340. The highest BCUT2D eigenvalue weighted by molar-refractivity contribution is 7.25. The maximum Gasteiger partial charge on any atom is 0.222 e. The summed E-state index contributed by atoms with van der Waals surface area (Å²) in [5.74, 6) is 0.617. The van der Waals surface area contributed by atoms with Crippen molar-refractivity contribution in [2.24, 2.45) is 0 Å². The summed E-state index contributed by atoms with van der Waals surface area (Å²) in [4.78, 5) is 19.7. The van der Waals surface area contributed by atoms with E-state index in [1.54, 1.807) is 6.20 Å². The Morgan fingerprint density at radius 2 is 1.38 bits per heavy atom. The number of aromatic nitrogens is 10. The van der Waals surface area contributed by atoms with E-state index in [9.17, 15) is 0 Å². The van der Waals surface area contributed by atoms with Crippen LogP contribution in [0, 0.1) is 0 Å². The third-order valence-corrected chi connectivity index (χ3v) is 5.71. The molecular weight excluding hydrogens is 372 g/mol. The molecule has 0 spiro atoms. The fraction of sp³-hybridized carbons (Fsp3) is 0. The zero-order chi connectivity index (χ0) is 17.1. The van der Waals surface area contributed by atoms with E-state index >= 15 is 0 Å². The topological polar surface area (TPSA) is 129 Å². The van der Waals surface area contributed by atoms with Gasteiger partial charge < -0.3 is 0 Å². The Labute approximate surface area is 151 Å². The average molecular weight is 376 g/mol. The monoisotopic (exact) mass is 376 g/mol. The van der Waals surface area contributed by atoms with Gasteiger partial charge in [-0.05, 0) is 12.1 Å². The summed E-state index contributed by atoms with van der Waals surface area (Å²) in [7, 11) is 0. The highest BCUT2D eigenvalue weighted by atomic mass is 32.1. The fourth-order valence-electron chi connectivity index (χ4n) is 2.59. The molecule has 6 heterocycles. The molecule has 0 amide bonds. The van der Waals surface area contributed by atoms with Crippen LogP contribution in [0.1, 0.15) is 0 Å². The van der Waals surface area contributed by atoms with Crippen molar-refractivity contribution < 1.29 is 0 Å². The van der Waals surface area contributed by atoms with Crippen molar-refractivity contribution in [3.63, 3.8) is 0 Å². The van der Waals surface area contributed by atoms with Crippen molar-refractivity contribution in [2.75, 3.05) is 0 Å². The molecule has 0 saturated heterocycles. The Hall–Kier alpha value is -3.38. The van der Waals surface area contributed by atoms with E-state index in [-0.39, 0.29) is 0 Å². The highest BCUT2D eigenvalue weighted by Crippen LogP contribution is 2.31. The number of nitrogens with zero attached hydrogens (tertiary/aromatic N) is 10. The zero-order valence-corrected chi connectivity index (χ0v) is 14.2. The molecule has 26 heavy (non-hydrogen) atoms. The zero-order valence-electron chi connectivity index (χ0n) is 12.6. The van der Waals surface area contributed by atoms with Crippen LogP contribution in [0.15, 0.2) is 24.7 Å². The van der Waals surface area contributed by atoms with E-state index in [1.165, 1.54) is 29.0 Å². The van der Waals surface area contributed by atoms with Crippen LogP contribution in [-0.4, -0.2) is 50.5 Å². The minimum Gasteiger partial charge on any atom is -0.253 e. The Balaban J connectivity index is 1.57. The second kappa shape index (κ2) is 5.06. The van der Waals surface area contributed by atoms with Gasteiger partial charge in [-0.25, -0.2) is 15.0 Å². The molecule has 0 atom stereocenters. The first-order chi connectivity index (χ1) is 12.9. The van der Waals surface area contributed by atoms with Gasteiger partial charge in [0.2, 0.25) is 11.6 Å². The number of fused-ring (bicyclic) bond motifs is 6. The average Bonchev–Trinajstić information content (AvgIpc) is 3.24. The van der Waals surface area contributed by atoms with E-state index in [1.807, 2.05) is 12.1 Å². The molecule has 0 N–H and O–H groups in total. The van der Waals surface area contributed by atoms with Crippen LogP contribution in [0.2, 0.25) is 0 Å². The standard InChI is InChI=1S/C14H4N10S2/c1-2-5-6(15-3-1)7-13(25-5)18-10(23-21-7)11-19-14-9(22-24-11)8-12(26-14)16-4-17-20-8/h1-4H. The number of rotatable bonds is 1. The second-order valence-electron chi connectivity index (χ2n) is 5.25. The van der Waals surface area contributed by atoms with Crippen molar-refractivity contribution in [3.8, 4) is 11.6 Å². The largest absolute Gasteiger partial charge is 0.253 e. The van der Waals surface area contributed by atoms with Gasteiger partial charge in [0.15, 0.2) is 15.9 Å². The lowest BCUT2D eigenvalue weighted by Gasteiger charge is -1.96. The van der Waals surface area contributed by atoms with Gasteiger partial charge in [0.25, 0.3) is 0 Å². The van der Waals surface area contributed by atoms with Gasteiger partial charge in [0, 0.05) is 6.20 Å². The lowest BCUT2D eigenvalue weighted by atomic mass is 10.4. The van der Waals surface area contributed by atoms with Gasteiger partial charge in [-0.1, -0.05) is 11.3 Å².